The molecule has 0 fully saturated rings. The van der Waals surface area contributed by atoms with Crippen molar-refractivity contribution in [2.24, 2.45) is 0 Å². The molecule has 17 heavy (non-hydrogen) atoms. The van der Waals surface area contributed by atoms with Crippen LogP contribution in [0.5, 0.6) is 0 Å². The summed E-state index contributed by atoms with van der Waals surface area (Å²) >= 11 is 7.36. The van der Waals surface area contributed by atoms with Gasteiger partial charge in [0.2, 0.25) is 5.24 Å². The van der Waals surface area contributed by atoms with Crippen molar-refractivity contribution in [2.75, 3.05) is 0 Å². The van der Waals surface area contributed by atoms with Crippen LogP contribution in [0.4, 0.5) is 0 Å². The van der Waals surface area contributed by atoms with E-state index in [0.717, 1.165) is 5.56 Å². The molecule has 0 amide bonds. The third-order valence-corrected chi connectivity index (χ3v) is 3.90. The minimum absolute atomic E-state index is 0.240. The molecule has 0 spiro atoms. The first-order chi connectivity index (χ1) is 8.16. The van der Waals surface area contributed by atoms with Crippen molar-refractivity contribution in [2.45, 2.75) is 19.3 Å². The molecule has 0 saturated carbocycles. The van der Waals surface area contributed by atoms with Crippen LogP contribution in [0.1, 0.15) is 21.9 Å². The fraction of sp³-hybridized carbons (Fsp3) is 0.214. The summed E-state index contributed by atoms with van der Waals surface area (Å²) in [5.74, 6) is -0.240. The molecule has 3 heteroatoms. The minimum Gasteiger partial charge on any atom is -0.281 e. The topological polar surface area (TPSA) is 17.1 Å². The van der Waals surface area contributed by atoms with E-state index in [-0.39, 0.29) is 11.2 Å². The largest absolute Gasteiger partial charge is 0.281 e. The molecule has 0 N–H and O–H groups in total. The average Bonchev–Trinajstić information content (AvgIpc) is 2.80. The summed E-state index contributed by atoms with van der Waals surface area (Å²) in [6.45, 7) is 2.03. The van der Waals surface area contributed by atoms with Gasteiger partial charge in [-0.2, -0.15) is 0 Å². The van der Waals surface area contributed by atoms with E-state index in [4.69, 9.17) is 11.6 Å². The Kier molecular flexibility index (Phi) is 3.97. The Morgan fingerprint density at radius 1 is 1.29 bits per heavy atom. The number of rotatable bonds is 4. The summed E-state index contributed by atoms with van der Waals surface area (Å²) in [7, 11) is 0. The lowest BCUT2D eigenvalue weighted by molar-refractivity contribution is -0.113. The summed E-state index contributed by atoms with van der Waals surface area (Å²) in [6, 6.07) is 12.0. The third-order valence-electron chi connectivity index (χ3n) is 2.74. The first-order valence-electron chi connectivity index (χ1n) is 5.45. The molecule has 1 aromatic carbocycles. The number of aryl methyl sites for hydroxylation is 1. The highest BCUT2D eigenvalue weighted by atomic mass is 35.5. The molecule has 0 bridgehead atoms. The van der Waals surface area contributed by atoms with Crippen LogP contribution >= 0.6 is 22.9 Å². The molecule has 88 valence electrons. The van der Waals surface area contributed by atoms with Crippen molar-refractivity contribution in [3.05, 3.63) is 57.8 Å². The second kappa shape index (κ2) is 5.48. The number of hydrogen-bond acceptors (Lipinski definition) is 2. The third kappa shape index (κ3) is 3.18. The maximum Gasteiger partial charge on any atom is 0.229 e. The van der Waals surface area contributed by atoms with Crippen molar-refractivity contribution < 1.29 is 4.79 Å². The Bertz CT molecular complexity index is 487. The SMILES string of the molecule is Cc1ccc(C(Cc2cccs2)C(=O)Cl)cc1. The molecule has 0 aliphatic rings. The van der Waals surface area contributed by atoms with Crippen molar-refractivity contribution in [3.8, 4) is 0 Å². The van der Waals surface area contributed by atoms with Crippen LogP contribution < -0.4 is 0 Å². The van der Waals surface area contributed by atoms with Crippen molar-refractivity contribution in [3.63, 3.8) is 0 Å². The summed E-state index contributed by atoms with van der Waals surface area (Å²) in [4.78, 5) is 12.7. The molecule has 0 saturated heterocycles. The number of carbonyl (C=O) groups is 1. The molecule has 0 aliphatic carbocycles. The van der Waals surface area contributed by atoms with Gasteiger partial charge in [-0.1, -0.05) is 35.9 Å². The van der Waals surface area contributed by atoms with Crippen molar-refractivity contribution in [1.29, 1.82) is 0 Å². The number of halogens is 1. The van der Waals surface area contributed by atoms with Gasteiger partial charge >= 0.3 is 0 Å². The highest BCUT2D eigenvalue weighted by Gasteiger charge is 2.19. The standard InChI is InChI=1S/C14H13ClOS/c1-10-4-6-11(7-5-10)13(14(15)16)9-12-3-2-8-17-12/h2-8,13H,9H2,1H3. The summed E-state index contributed by atoms with van der Waals surface area (Å²) in [5, 5.41) is 1.72. The maximum absolute atomic E-state index is 11.5. The van der Waals surface area contributed by atoms with Gasteiger partial charge in [-0.15, -0.1) is 11.3 Å². The molecule has 1 atom stereocenters. The van der Waals surface area contributed by atoms with Crippen LogP contribution in [0.3, 0.4) is 0 Å². The van der Waals surface area contributed by atoms with E-state index in [9.17, 15) is 4.79 Å². The predicted molar refractivity (Wildman–Crippen MR) is 72.8 cm³/mol. The van der Waals surface area contributed by atoms with Gasteiger partial charge in [0, 0.05) is 4.88 Å². The normalized spacial score (nSPS) is 12.4. The van der Waals surface area contributed by atoms with Crippen LogP contribution in [0.2, 0.25) is 0 Å². The van der Waals surface area contributed by atoms with Gasteiger partial charge < -0.3 is 0 Å². The van der Waals surface area contributed by atoms with Crippen LogP contribution in [0, 0.1) is 6.92 Å². The van der Waals surface area contributed by atoms with E-state index in [1.54, 1.807) is 11.3 Å². The van der Waals surface area contributed by atoms with Crippen LogP contribution in [0.15, 0.2) is 41.8 Å². The van der Waals surface area contributed by atoms with Crippen molar-refractivity contribution >= 4 is 28.2 Å². The zero-order chi connectivity index (χ0) is 12.3. The minimum atomic E-state index is -0.290. The Morgan fingerprint density at radius 2 is 2.00 bits per heavy atom. The van der Waals surface area contributed by atoms with Gasteiger partial charge in [0.25, 0.3) is 0 Å². The molecular weight excluding hydrogens is 252 g/mol. The highest BCUT2D eigenvalue weighted by Crippen LogP contribution is 2.25. The molecule has 0 aliphatic heterocycles. The molecule has 1 unspecified atom stereocenters. The fourth-order valence-corrected chi connectivity index (χ4v) is 2.71. The van der Waals surface area contributed by atoms with E-state index in [1.165, 1.54) is 10.4 Å². The zero-order valence-electron chi connectivity index (χ0n) is 9.52. The van der Waals surface area contributed by atoms with Gasteiger partial charge in [0.05, 0.1) is 5.92 Å². The lowest BCUT2D eigenvalue weighted by atomic mass is 9.95. The van der Waals surface area contributed by atoms with Gasteiger partial charge in [-0.25, -0.2) is 0 Å². The molecule has 1 aromatic heterocycles. The molecular formula is C14H13ClOS. The predicted octanol–water partition coefficient (Wildman–Crippen LogP) is 4.15. The molecule has 1 heterocycles. The zero-order valence-corrected chi connectivity index (χ0v) is 11.1. The maximum atomic E-state index is 11.5. The van der Waals surface area contributed by atoms with E-state index in [2.05, 4.69) is 0 Å². The Hall–Kier alpha value is -1.12. The molecule has 2 aromatic rings. The van der Waals surface area contributed by atoms with Gasteiger partial charge in [0.15, 0.2) is 0 Å². The molecule has 0 radical (unpaired) electrons. The second-order valence-corrected chi connectivity index (χ2v) is 5.46. The van der Waals surface area contributed by atoms with E-state index < -0.39 is 0 Å². The number of benzene rings is 1. The quantitative estimate of drug-likeness (QED) is 0.759. The van der Waals surface area contributed by atoms with Crippen molar-refractivity contribution in [1.82, 2.24) is 0 Å². The van der Waals surface area contributed by atoms with Gasteiger partial charge in [0.1, 0.15) is 0 Å². The summed E-state index contributed by atoms with van der Waals surface area (Å²) < 4.78 is 0. The Labute approximate surface area is 110 Å². The van der Waals surface area contributed by atoms with Crippen LogP contribution in [-0.2, 0) is 11.2 Å². The van der Waals surface area contributed by atoms with E-state index >= 15 is 0 Å². The first kappa shape index (κ1) is 12.3. The van der Waals surface area contributed by atoms with Gasteiger partial charge in [-0.05, 0) is 42.0 Å². The summed E-state index contributed by atoms with van der Waals surface area (Å²) in [6.07, 6.45) is 0.684. The number of hydrogen-bond donors (Lipinski definition) is 0. The monoisotopic (exact) mass is 264 g/mol. The lowest BCUT2D eigenvalue weighted by Crippen LogP contribution is -2.09. The molecule has 1 nitrogen and oxygen atoms in total. The van der Waals surface area contributed by atoms with Crippen LogP contribution in [0.25, 0.3) is 0 Å². The highest BCUT2D eigenvalue weighted by molar-refractivity contribution is 7.09. The smallest absolute Gasteiger partial charge is 0.229 e. The first-order valence-corrected chi connectivity index (χ1v) is 6.71. The summed E-state index contributed by atoms with van der Waals surface area (Å²) in [5.41, 5.74) is 2.18. The lowest BCUT2D eigenvalue weighted by Gasteiger charge is -2.12. The van der Waals surface area contributed by atoms with E-state index in [1.807, 2.05) is 48.7 Å². The number of carbonyl (C=O) groups excluding carboxylic acids is 1. The van der Waals surface area contributed by atoms with Gasteiger partial charge in [-0.3, -0.25) is 4.79 Å². The average molecular weight is 265 g/mol. The fourth-order valence-electron chi connectivity index (χ4n) is 1.76. The van der Waals surface area contributed by atoms with Crippen LogP contribution in [-0.4, -0.2) is 5.24 Å². The molecule has 2 rings (SSSR count). The Morgan fingerprint density at radius 3 is 2.53 bits per heavy atom. The Balaban J connectivity index is 2.23. The second-order valence-electron chi connectivity index (χ2n) is 4.05. The van der Waals surface area contributed by atoms with E-state index in [0.29, 0.717) is 6.42 Å². The number of thiophene rings is 1.